The number of allylic oxidation sites excluding steroid dienone is 1. The standard InChI is InChI=1S/C17H20Cl2N4OS/c1-3-5-9-14-21-22-17(23(14)10-4-2)25-11-15(24)20-13-8-6-7-12(18)16(13)19/h4,6-8H,2-3,5,9-11H2,1H3,(H,20,24). The zero-order valence-corrected chi connectivity index (χ0v) is 16.3. The Morgan fingerprint density at radius 3 is 2.92 bits per heavy atom. The zero-order chi connectivity index (χ0) is 18.2. The van der Waals surface area contributed by atoms with E-state index in [0.29, 0.717) is 27.4 Å². The second-order valence-electron chi connectivity index (χ2n) is 5.34. The first-order chi connectivity index (χ1) is 12.1. The fraction of sp³-hybridized carbons (Fsp3) is 0.353. The lowest BCUT2D eigenvalue weighted by Gasteiger charge is -2.09. The smallest absolute Gasteiger partial charge is 0.234 e. The van der Waals surface area contributed by atoms with Crippen LogP contribution in [0.4, 0.5) is 5.69 Å². The third-order valence-electron chi connectivity index (χ3n) is 3.42. The van der Waals surface area contributed by atoms with Crippen molar-refractivity contribution in [2.75, 3.05) is 11.1 Å². The van der Waals surface area contributed by atoms with Crippen molar-refractivity contribution in [1.29, 1.82) is 0 Å². The first kappa shape index (κ1) is 19.8. The van der Waals surface area contributed by atoms with Crippen LogP contribution in [0.1, 0.15) is 25.6 Å². The van der Waals surface area contributed by atoms with E-state index in [-0.39, 0.29) is 11.7 Å². The number of rotatable bonds is 9. The molecule has 0 unspecified atom stereocenters. The molecule has 0 aliphatic carbocycles. The molecule has 8 heteroatoms. The summed E-state index contributed by atoms with van der Waals surface area (Å²) in [5.41, 5.74) is 0.496. The van der Waals surface area contributed by atoms with Crippen molar-refractivity contribution in [3.8, 4) is 0 Å². The van der Waals surface area contributed by atoms with Crippen molar-refractivity contribution in [3.63, 3.8) is 0 Å². The lowest BCUT2D eigenvalue weighted by atomic mass is 10.2. The average molecular weight is 399 g/mol. The summed E-state index contributed by atoms with van der Waals surface area (Å²) in [5, 5.41) is 12.6. The van der Waals surface area contributed by atoms with Gasteiger partial charge in [-0.25, -0.2) is 0 Å². The summed E-state index contributed by atoms with van der Waals surface area (Å²) in [6.45, 7) is 6.53. The maximum Gasteiger partial charge on any atom is 0.234 e. The van der Waals surface area contributed by atoms with Crippen LogP contribution in [0.15, 0.2) is 36.0 Å². The van der Waals surface area contributed by atoms with E-state index in [0.717, 1.165) is 25.1 Å². The third-order valence-corrected chi connectivity index (χ3v) is 5.20. The molecule has 1 heterocycles. The van der Waals surface area contributed by atoms with Gasteiger partial charge in [-0.1, -0.05) is 60.5 Å². The highest BCUT2D eigenvalue weighted by Crippen LogP contribution is 2.29. The number of nitrogens with one attached hydrogen (secondary N) is 1. The number of benzene rings is 1. The number of aryl methyl sites for hydroxylation is 1. The number of unbranched alkanes of at least 4 members (excludes halogenated alkanes) is 1. The van der Waals surface area contributed by atoms with Gasteiger partial charge in [0.05, 0.1) is 21.5 Å². The van der Waals surface area contributed by atoms with Crippen LogP contribution in [0.2, 0.25) is 10.0 Å². The number of hydrogen-bond acceptors (Lipinski definition) is 4. The summed E-state index contributed by atoms with van der Waals surface area (Å²) in [7, 11) is 0. The van der Waals surface area contributed by atoms with Crippen LogP contribution >= 0.6 is 35.0 Å². The van der Waals surface area contributed by atoms with Crippen LogP contribution in [-0.2, 0) is 17.8 Å². The SMILES string of the molecule is C=CCn1c(CCCC)nnc1SCC(=O)Nc1cccc(Cl)c1Cl. The van der Waals surface area contributed by atoms with E-state index in [1.54, 1.807) is 24.3 Å². The molecule has 0 saturated heterocycles. The molecule has 1 aromatic heterocycles. The van der Waals surface area contributed by atoms with Gasteiger partial charge in [0.25, 0.3) is 0 Å². The van der Waals surface area contributed by atoms with Crippen molar-refractivity contribution in [2.45, 2.75) is 37.9 Å². The molecule has 1 aromatic carbocycles. The molecule has 1 N–H and O–H groups in total. The molecule has 5 nitrogen and oxygen atoms in total. The monoisotopic (exact) mass is 398 g/mol. The van der Waals surface area contributed by atoms with Gasteiger partial charge in [0.2, 0.25) is 5.91 Å². The summed E-state index contributed by atoms with van der Waals surface area (Å²) in [5.74, 6) is 0.936. The van der Waals surface area contributed by atoms with E-state index < -0.39 is 0 Å². The molecule has 0 fully saturated rings. The molecule has 0 atom stereocenters. The van der Waals surface area contributed by atoms with Gasteiger partial charge < -0.3 is 9.88 Å². The van der Waals surface area contributed by atoms with Crippen LogP contribution in [-0.4, -0.2) is 26.4 Å². The molecule has 2 rings (SSSR count). The highest BCUT2D eigenvalue weighted by molar-refractivity contribution is 7.99. The number of hydrogen-bond donors (Lipinski definition) is 1. The molecule has 1 amide bonds. The number of amides is 1. The lowest BCUT2D eigenvalue weighted by molar-refractivity contribution is -0.113. The minimum Gasteiger partial charge on any atom is -0.324 e. The highest BCUT2D eigenvalue weighted by atomic mass is 35.5. The molecular weight excluding hydrogens is 379 g/mol. The summed E-state index contributed by atoms with van der Waals surface area (Å²) >= 11 is 13.4. The predicted octanol–water partition coefficient (Wildman–Crippen LogP) is 4.84. The number of carbonyl (C=O) groups excluding carboxylic acids is 1. The van der Waals surface area contributed by atoms with Gasteiger partial charge >= 0.3 is 0 Å². The predicted molar refractivity (Wildman–Crippen MR) is 105 cm³/mol. The van der Waals surface area contributed by atoms with Crippen molar-refractivity contribution in [1.82, 2.24) is 14.8 Å². The minimum atomic E-state index is -0.183. The molecule has 2 aromatic rings. The van der Waals surface area contributed by atoms with E-state index in [2.05, 4.69) is 29.0 Å². The topological polar surface area (TPSA) is 59.8 Å². The first-order valence-electron chi connectivity index (χ1n) is 7.96. The Morgan fingerprint density at radius 1 is 1.40 bits per heavy atom. The normalized spacial score (nSPS) is 10.7. The van der Waals surface area contributed by atoms with Crippen LogP contribution in [0.3, 0.4) is 0 Å². The van der Waals surface area contributed by atoms with E-state index in [9.17, 15) is 4.79 Å². The molecule has 134 valence electrons. The van der Waals surface area contributed by atoms with Crippen molar-refractivity contribution in [3.05, 3.63) is 46.7 Å². The van der Waals surface area contributed by atoms with Gasteiger partial charge in [-0.3, -0.25) is 4.79 Å². The second-order valence-corrected chi connectivity index (χ2v) is 7.07. The third kappa shape index (κ3) is 5.49. The van der Waals surface area contributed by atoms with Crippen LogP contribution < -0.4 is 5.32 Å². The summed E-state index contributed by atoms with van der Waals surface area (Å²) in [6, 6.07) is 5.11. The van der Waals surface area contributed by atoms with E-state index in [1.165, 1.54) is 11.8 Å². The number of carbonyl (C=O) groups is 1. The first-order valence-corrected chi connectivity index (χ1v) is 9.70. The second kappa shape index (κ2) is 9.85. The zero-order valence-electron chi connectivity index (χ0n) is 14.0. The molecule has 0 bridgehead atoms. The maximum absolute atomic E-state index is 12.2. The van der Waals surface area contributed by atoms with Crippen LogP contribution in [0, 0.1) is 0 Å². The Hall–Kier alpha value is -1.50. The minimum absolute atomic E-state index is 0.183. The maximum atomic E-state index is 12.2. The Kier molecular flexibility index (Phi) is 7.81. The highest BCUT2D eigenvalue weighted by Gasteiger charge is 2.14. The number of thioether (sulfide) groups is 1. The van der Waals surface area contributed by atoms with Gasteiger partial charge in [0.1, 0.15) is 5.82 Å². The Labute approximate surface area is 161 Å². The molecule has 0 saturated carbocycles. The number of aromatic nitrogens is 3. The van der Waals surface area contributed by atoms with Gasteiger partial charge in [0, 0.05) is 13.0 Å². The van der Waals surface area contributed by atoms with E-state index in [4.69, 9.17) is 23.2 Å². The largest absolute Gasteiger partial charge is 0.324 e. The van der Waals surface area contributed by atoms with Gasteiger partial charge in [-0.05, 0) is 18.6 Å². The molecule has 0 aliphatic heterocycles. The Bertz CT molecular complexity index is 748. The van der Waals surface area contributed by atoms with Gasteiger partial charge in [-0.15, -0.1) is 16.8 Å². The van der Waals surface area contributed by atoms with Gasteiger partial charge in [0.15, 0.2) is 5.16 Å². The van der Waals surface area contributed by atoms with Crippen molar-refractivity contribution < 1.29 is 4.79 Å². The summed E-state index contributed by atoms with van der Waals surface area (Å²) < 4.78 is 1.99. The summed E-state index contributed by atoms with van der Waals surface area (Å²) in [6.07, 6.45) is 4.80. The van der Waals surface area contributed by atoms with E-state index >= 15 is 0 Å². The fourth-order valence-electron chi connectivity index (χ4n) is 2.17. The molecular formula is C17H20Cl2N4OS. The fourth-order valence-corrected chi connectivity index (χ4v) is 3.29. The van der Waals surface area contributed by atoms with Gasteiger partial charge in [-0.2, -0.15) is 0 Å². The Balaban J connectivity index is 2.00. The van der Waals surface area contributed by atoms with Crippen molar-refractivity contribution in [2.24, 2.45) is 0 Å². The number of anilines is 1. The average Bonchev–Trinajstić information content (AvgIpc) is 2.97. The van der Waals surface area contributed by atoms with Crippen LogP contribution in [0.25, 0.3) is 0 Å². The molecule has 25 heavy (non-hydrogen) atoms. The molecule has 0 spiro atoms. The number of halogens is 2. The molecule has 0 aliphatic rings. The Morgan fingerprint density at radius 2 is 2.20 bits per heavy atom. The van der Waals surface area contributed by atoms with E-state index in [1.807, 2.05) is 4.57 Å². The summed E-state index contributed by atoms with van der Waals surface area (Å²) in [4.78, 5) is 12.2. The van der Waals surface area contributed by atoms with Crippen molar-refractivity contribution >= 4 is 46.6 Å². The lowest BCUT2D eigenvalue weighted by Crippen LogP contribution is -2.15. The quantitative estimate of drug-likeness (QED) is 0.484. The number of nitrogens with zero attached hydrogens (tertiary/aromatic N) is 3. The molecule has 0 radical (unpaired) electrons. The van der Waals surface area contributed by atoms with Crippen LogP contribution in [0.5, 0.6) is 0 Å².